The SMILES string of the molecule is O=C(Cc1c(F)ccc(Br)c1F)c1ccc(F)cc1I. The molecule has 0 aliphatic heterocycles. The molecule has 0 amide bonds. The van der Waals surface area contributed by atoms with Crippen LogP contribution in [0.5, 0.6) is 0 Å². The Kier molecular flexibility index (Phi) is 4.85. The first-order valence-corrected chi connectivity index (χ1v) is 7.38. The number of Topliss-reactive ketones (excluding diaryl/α,β-unsaturated/α-hetero) is 1. The van der Waals surface area contributed by atoms with Crippen molar-refractivity contribution in [3.8, 4) is 0 Å². The summed E-state index contributed by atoms with van der Waals surface area (Å²) in [6, 6.07) is 5.98. The largest absolute Gasteiger partial charge is 0.294 e. The molecule has 104 valence electrons. The lowest BCUT2D eigenvalue weighted by molar-refractivity contribution is 0.0989. The Labute approximate surface area is 135 Å². The maximum absolute atomic E-state index is 13.8. The molecule has 0 spiro atoms. The van der Waals surface area contributed by atoms with E-state index < -0.39 is 29.7 Å². The van der Waals surface area contributed by atoms with Gasteiger partial charge in [-0.15, -0.1) is 0 Å². The monoisotopic (exact) mass is 454 g/mol. The highest BCUT2D eigenvalue weighted by molar-refractivity contribution is 14.1. The zero-order valence-corrected chi connectivity index (χ0v) is 13.6. The topological polar surface area (TPSA) is 17.1 Å². The molecule has 0 radical (unpaired) electrons. The predicted molar refractivity (Wildman–Crippen MR) is 81.2 cm³/mol. The lowest BCUT2D eigenvalue weighted by Crippen LogP contribution is -2.09. The van der Waals surface area contributed by atoms with E-state index in [1.807, 2.05) is 22.6 Å². The molecule has 0 aromatic heterocycles. The highest BCUT2D eigenvalue weighted by Gasteiger charge is 2.18. The molecule has 2 aromatic carbocycles. The number of benzene rings is 2. The van der Waals surface area contributed by atoms with E-state index >= 15 is 0 Å². The van der Waals surface area contributed by atoms with Crippen molar-refractivity contribution in [2.24, 2.45) is 0 Å². The smallest absolute Gasteiger partial charge is 0.168 e. The fourth-order valence-electron chi connectivity index (χ4n) is 1.70. The first-order chi connectivity index (χ1) is 9.40. The number of halogens is 5. The van der Waals surface area contributed by atoms with Crippen molar-refractivity contribution in [2.75, 3.05) is 0 Å². The predicted octanol–water partition coefficient (Wildman–Crippen LogP) is 4.90. The summed E-state index contributed by atoms with van der Waals surface area (Å²) in [5, 5.41) is 0. The molecule has 0 aliphatic carbocycles. The zero-order chi connectivity index (χ0) is 14.9. The number of carbonyl (C=O) groups is 1. The number of rotatable bonds is 3. The molecule has 2 rings (SSSR count). The van der Waals surface area contributed by atoms with Crippen molar-refractivity contribution in [2.45, 2.75) is 6.42 Å². The van der Waals surface area contributed by atoms with Crippen molar-refractivity contribution in [1.29, 1.82) is 0 Å². The van der Waals surface area contributed by atoms with Crippen molar-refractivity contribution in [3.63, 3.8) is 0 Å². The van der Waals surface area contributed by atoms with Crippen LogP contribution < -0.4 is 0 Å². The summed E-state index contributed by atoms with van der Waals surface area (Å²) in [7, 11) is 0. The number of ketones is 1. The lowest BCUT2D eigenvalue weighted by atomic mass is 10.0. The van der Waals surface area contributed by atoms with Crippen LogP contribution in [0, 0.1) is 21.0 Å². The van der Waals surface area contributed by atoms with Crippen molar-refractivity contribution < 1.29 is 18.0 Å². The van der Waals surface area contributed by atoms with Crippen LogP contribution >= 0.6 is 38.5 Å². The average Bonchev–Trinajstić information content (AvgIpc) is 2.39. The average molecular weight is 455 g/mol. The second-order valence-corrected chi connectivity index (χ2v) is 6.06. The first kappa shape index (κ1) is 15.5. The van der Waals surface area contributed by atoms with E-state index in [9.17, 15) is 18.0 Å². The molecule has 1 nitrogen and oxygen atoms in total. The second-order valence-electron chi connectivity index (χ2n) is 4.05. The summed E-state index contributed by atoms with van der Waals surface area (Å²) in [6.45, 7) is 0. The van der Waals surface area contributed by atoms with E-state index in [0.717, 1.165) is 12.1 Å². The molecule has 0 unspecified atom stereocenters. The van der Waals surface area contributed by atoms with Gasteiger partial charge in [0.05, 0.1) is 4.47 Å². The fourth-order valence-corrected chi connectivity index (χ4v) is 2.85. The Morgan fingerprint density at radius 1 is 1.15 bits per heavy atom. The normalized spacial score (nSPS) is 10.7. The van der Waals surface area contributed by atoms with Crippen LogP contribution in [0.2, 0.25) is 0 Å². The van der Waals surface area contributed by atoms with E-state index in [1.54, 1.807) is 0 Å². The molecular weight excluding hydrogens is 448 g/mol. The second kappa shape index (κ2) is 6.26. The van der Waals surface area contributed by atoms with Crippen molar-refractivity contribution >= 4 is 44.3 Å². The standard InChI is InChI=1S/C14H7BrF3IO/c15-10-3-4-11(17)9(14(10)18)6-13(20)8-2-1-7(16)5-12(8)19/h1-5H,6H2. The summed E-state index contributed by atoms with van der Waals surface area (Å²) in [6.07, 6.45) is -0.418. The summed E-state index contributed by atoms with van der Waals surface area (Å²) in [5.74, 6) is -2.51. The third-order valence-corrected chi connectivity index (χ3v) is 4.21. The van der Waals surface area contributed by atoms with E-state index in [2.05, 4.69) is 15.9 Å². The van der Waals surface area contributed by atoms with E-state index in [0.29, 0.717) is 3.57 Å². The summed E-state index contributed by atoms with van der Waals surface area (Å²) < 4.78 is 40.9. The van der Waals surface area contributed by atoms with Gasteiger partial charge in [0.1, 0.15) is 17.5 Å². The fraction of sp³-hybridized carbons (Fsp3) is 0.0714. The highest BCUT2D eigenvalue weighted by Crippen LogP contribution is 2.24. The van der Waals surface area contributed by atoms with Crippen LogP contribution in [0.15, 0.2) is 34.8 Å². The molecule has 6 heteroatoms. The van der Waals surface area contributed by atoms with Gasteiger partial charge in [-0.3, -0.25) is 4.79 Å². The van der Waals surface area contributed by atoms with Crippen molar-refractivity contribution in [1.82, 2.24) is 0 Å². The van der Waals surface area contributed by atoms with Crippen LogP contribution in [-0.2, 0) is 6.42 Å². The van der Waals surface area contributed by atoms with Gasteiger partial charge in [-0.05, 0) is 68.9 Å². The highest BCUT2D eigenvalue weighted by atomic mass is 127. The Bertz CT molecular complexity index is 688. The molecule has 0 fully saturated rings. The number of hydrogen-bond acceptors (Lipinski definition) is 1. The Balaban J connectivity index is 2.35. The van der Waals surface area contributed by atoms with Crippen molar-refractivity contribution in [3.05, 3.63) is 67.0 Å². The van der Waals surface area contributed by atoms with E-state index in [-0.39, 0.29) is 15.6 Å². The van der Waals surface area contributed by atoms with Gasteiger partial charge in [0.15, 0.2) is 5.78 Å². The summed E-state index contributed by atoms with van der Waals surface area (Å²) in [5.41, 5.74) is -0.0599. The van der Waals surface area contributed by atoms with Gasteiger partial charge in [0.25, 0.3) is 0 Å². The van der Waals surface area contributed by atoms with Gasteiger partial charge < -0.3 is 0 Å². The molecule has 0 heterocycles. The van der Waals surface area contributed by atoms with Gasteiger partial charge in [-0.25, -0.2) is 13.2 Å². The van der Waals surface area contributed by atoms with Gasteiger partial charge in [-0.1, -0.05) is 0 Å². The van der Waals surface area contributed by atoms with Crippen LogP contribution in [0.4, 0.5) is 13.2 Å². The maximum atomic E-state index is 13.8. The Hall–Kier alpha value is -0.890. The third-order valence-electron chi connectivity index (χ3n) is 2.71. The van der Waals surface area contributed by atoms with E-state index in [1.165, 1.54) is 18.2 Å². The molecule has 0 atom stereocenters. The van der Waals surface area contributed by atoms with Gasteiger partial charge in [0, 0.05) is 21.1 Å². The number of carbonyl (C=O) groups excluding carboxylic acids is 1. The van der Waals surface area contributed by atoms with Gasteiger partial charge in [-0.2, -0.15) is 0 Å². The Morgan fingerprint density at radius 3 is 2.50 bits per heavy atom. The quantitative estimate of drug-likeness (QED) is 0.366. The number of hydrogen-bond donors (Lipinski definition) is 0. The van der Waals surface area contributed by atoms with Crippen LogP contribution in [0.25, 0.3) is 0 Å². The van der Waals surface area contributed by atoms with Crippen LogP contribution in [0.3, 0.4) is 0 Å². The first-order valence-electron chi connectivity index (χ1n) is 5.50. The molecular formula is C14H7BrF3IO. The maximum Gasteiger partial charge on any atom is 0.168 e. The molecule has 0 saturated heterocycles. The minimum Gasteiger partial charge on any atom is -0.294 e. The third kappa shape index (κ3) is 3.22. The minimum absolute atomic E-state index is 0.0931. The summed E-state index contributed by atoms with van der Waals surface area (Å²) >= 11 is 4.76. The molecule has 0 aliphatic rings. The molecule has 0 N–H and O–H groups in total. The molecule has 2 aromatic rings. The van der Waals surface area contributed by atoms with Gasteiger partial charge in [0.2, 0.25) is 0 Å². The Morgan fingerprint density at radius 2 is 1.85 bits per heavy atom. The van der Waals surface area contributed by atoms with Crippen LogP contribution in [0.1, 0.15) is 15.9 Å². The van der Waals surface area contributed by atoms with E-state index in [4.69, 9.17) is 0 Å². The zero-order valence-electron chi connectivity index (χ0n) is 9.89. The minimum atomic E-state index is -0.796. The molecule has 0 saturated carbocycles. The molecule has 20 heavy (non-hydrogen) atoms. The lowest BCUT2D eigenvalue weighted by Gasteiger charge is -2.07. The van der Waals surface area contributed by atoms with Crippen LogP contribution in [-0.4, -0.2) is 5.78 Å². The summed E-state index contributed by atoms with van der Waals surface area (Å²) in [4.78, 5) is 12.1. The van der Waals surface area contributed by atoms with Gasteiger partial charge >= 0.3 is 0 Å². The molecule has 0 bridgehead atoms.